The van der Waals surface area contributed by atoms with Crippen molar-refractivity contribution in [3.63, 3.8) is 0 Å². The van der Waals surface area contributed by atoms with Crippen molar-refractivity contribution in [2.75, 3.05) is 11.1 Å². The van der Waals surface area contributed by atoms with Gasteiger partial charge in [0.05, 0.1) is 21.2 Å². The number of hydrogen-bond acceptors (Lipinski definition) is 6. The molecule has 0 atom stereocenters. The average Bonchev–Trinajstić information content (AvgIpc) is 3.12. The molecule has 0 fully saturated rings. The Morgan fingerprint density at radius 3 is 2.67 bits per heavy atom. The van der Waals surface area contributed by atoms with Crippen molar-refractivity contribution in [1.82, 2.24) is 10.2 Å². The number of nitrogens with zero attached hydrogens (tertiary/aromatic N) is 2. The minimum atomic E-state index is -3.43. The van der Waals surface area contributed by atoms with Crippen molar-refractivity contribution < 1.29 is 17.6 Å². The number of carbonyl (C=O) groups excluding carboxylic acids is 1. The van der Waals surface area contributed by atoms with Crippen LogP contribution in [0.4, 0.5) is 6.01 Å². The maximum atomic E-state index is 12.4. The summed E-state index contributed by atoms with van der Waals surface area (Å²) in [7, 11) is -3.43. The number of carbonyl (C=O) groups is 1. The van der Waals surface area contributed by atoms with Crippen molar-refractivity contribution >= 4 is 45.0 Å². The molecule has 0 bridgehead atoms. The third-order valence-corrected chi connectivity index (χ3v) is 5.94. The van der Waals surface area contributed by atoms with Crippen molar-refractivity contribution in [3.05, 3.63) is 58.1 Å². The number of rotatable bonds is 5. The highest BCUT2D eigenvalue weighted by Crippen LogP contribution is 2.30. The molecule has 27 heavy (non-hydrogen) atoms. The fourth-order valence-corrected chi connectivity index (χ4v) is 3.51. The van der Waals surface area contributed by atoms with Gasteiger partial charge in [0.2, 0.25) is 0 Å². The van der Waals surface area contributed by atoms with Gasteiger partial charge in [-0.1, -0.05) is 41.3 Å². The SMILES string of the molecule is CCS(=O)(=O)c1cccc(C(=O)Nc2nnc(-c3cc(Cl)ccc3Cl)o2)c1. The summed E-state index contributed by atoms with van der Waals surface area (Å²) in [5.41, 5.74) is 0.568. The molecule has 2 aromatic carbocycles. The van der Waals surface area contributed by atoms with E-state index in [-0.39, 0.29) is 28.1 Å². The van der Waals surface area contributed by atoms with Gasteiger partial charge < -0.3 is 4.42 Å². The Morgan fingerprint density at radius 2 is 1.93 bits per heavy atom. The predicted octanol–water partition coefficient (Wildman–Crippen LogP) is 4.09. The van der Waals surface area contributed by atoms with E-state index in [4.69, 9.17) is 27.6 Å². The molecule has 10 heteroatoms. The molecule has 140 valence electrons. The first-order chi connectivity index (χ1) is 12.8. The van der Waals surface area contributed by atoms with Gasteiger partial charge in [0, 0.05) is 10.6 Å². The first-order valence-electron chi connectivity index (χ1n) is 7.73. The Labute approximate surface area is 165 Å². The van der Waals surface area contributed by atoms with Gasteiger partial charge in [0.15, 0.2) is 9.84 Å². The van der Waals surface area contributed by atoms with Crippen LogP contribution in [0.1, 0.15) is 17.3 Å². The molecular formula is C17H13Cl2N3O4S. The first kappa shape index (κ1) is 19.3. The van der Waals surface area contributed by atoms with Gasteiger partial charge in [-0.2, -0.15) is 0 Å². The minimum absolute atomic E-state index is 0.0640. The molecule has 0 aliphatic heterocycles. The van der Waals surface area contributed by atoms with Gasteiger partial charge in [0.25, 0.3) is 11.8 Å². The molecule has 0 aliphatic rings. The van der Waals surface area contributed by atoms with E-state index in [2.05, 4.69) is 15.5 Å². The number of amides is 1. The molecule has 1 heterocycles. The lowest BCUT2D eigenvalue weighted by molar-refractivity contribution is 0.102. The number of nitrogens with one attached hydrogen (secondary N) is 1. The Hall–Kier alpha value is -2.42. The van der Waals surface area contributed by atoms with Crippen LogP contribution < -0.4 is 5.32 Å². The predicted molar refractivity (Wildman–Crippen MR) is 102 cm³/mol. The summed E-state index contributed by atoms with van der Waals surface area (Å²) in [6, 6.07) is 10.3. The van der Waals surface area contributed by atoms with E-state index in [1.54, 1.807) is 18.2 Å². The molecule has 0 aliphatic carbocycles. The minimum Gasteiger partial charge on any atom is -0.403 e. The van der Waals surface area contributed by atoms with Gasteiger partial charge in [-0.15, -0.1) is 5.10 Å². The van der Waals surface area contributed by atoms with E-state index >= 15 is 0 Å². The van der Waals surface area contributed by atoms with Crippen molar-refractivity contribution in [2.24, 2.45) is 0 Å². The van der Waals surface area contributed by atoms with Gasteiger partial charge >= 0.3 is 6.01 Å². The summed E-state index contributed by atoms with van der Waals surface area (Å²) in [5.74, 6) is -0.568. The summed E-state index contributed by atoms with van der Waals surface area (Å²) < 4.78 is 29.3. The van der Waals surface area contributed by atoms with Gasteiger partial charge in [-0.05, 0) is 36.4 Å². The lowest BCUT2D eigenvalue weighted by atomic mass is 10.2. The van der Waals surface area contributed by atoms with Gasteiger partial charge in [-0.25, -0.2) is 8.42 Å². The van der Waals surface area contributed by atoms with E-state index in [0.29, 0.717) is 15.6 Å². The standard InChI is InChI=1S/C17H13Cl2N3O4S/c1-2-27(24,25)12-5-3-4-10(8-12)15(23)20-17-22-21-16(26-17)13-9-11(18)6-7-14(13)19/h3-9H,2H2,1H3,(H,20,22,23). The third-order valence-electron chi connectivity index (χ3n) is 3.64. The van der Waals surface area contributed by atoms with Crippen LogP contribution in [0.3, 0.4) is 0 Å². The van der Waals surface area contributed by atoms with Crippen molar-refractivity contribution in [3.8, 4) is 11.5 Å². The van der Waals surface area contributed by atoms with Crippen LogP contribution >= 0.6 is 23.2 Å². The summed E-state index contributed by atoms with van der Waals surface area (Å²) in [5, 5.41) is 10.8. The Balaban J connectivity index is 1.83. The summed E-state index contributed by atoms with van der Waals surface area (Å²) in [6.45, 7) is 1.53. The molecule has 0 saturated carbocycles. The van der Waals surface area contributed by atoms with Crippen LogP contribution in [0.2, 0.25) is 10.0 Å². The maximum absolute atomic E-state index is 12.4. The van der Waals surface area contributed by atoms with E-state index in [0.717, 1.165) is 0 Å². The molecule has 7 nitrogen and oxygen atoms in total. The Bertz CT molecular complexity index is 1110. The fourth-order valence-electron chi connectivity index (χ4n) is 2.21. The lowest BCUT2D eigenvalue weighted by Gasteiger charge is -2.04. The zero-order valence-electron chi connectivity index (χ0n) is 13.9. The highest BCUT2D eigenvalue weighted by molar-refractivity contribution is 7.91. The maximum Gasteiger partial charge on any atom is 0.322 e. The zero-order chi connectivity index (χ0) is 19.6. The second-order valence-corrected chi connectivity index (χ2v) is 8.54. The molecular weight excluding hydrogens is 413 g/mol. The molecule has 0 spiro atoms. The summed E-state index contributed by atoms with van der Waals surface area (Å²) in [6.07, 6.45) is 0. The Morgan fingerprint density at radius 1 is 1.15 bits per heavy atom. The molecule has 1 amide bonds. The van der Waals surface area contributed by atoms with Gasteiger partial charge in [0.1, 0.15) is 0 Å². The van der Waals surface area contributed by atoms with E-state index < -0.39 is 15.7 Å². The van der Waals surface area contributed by atoms with E-state index in [9.17, 15) is 13.2 Å². The lowest BCUT2D eigenvalue weighted by Crippen LogP contribution is -2.13. The third kappa shape index (κ3) is 4.29. The van der Waals surface area contributed by atoms with E-state index in [1.807, 2.05) is 0 Å². The van der Waals surface area contributed by atoms with Crippen LogP contribution in [0.25, 0.3) is 11.5 Å². The second-order valence-electron chi connectivity index (χ2n) is 5.42. The molecule has 3 rings (SSSR count). The average molecular weight is 426 g/mol. The number of anilines is 1. The number of sulfone groups is 1. The van der Waals surface area contributed by atoms with Gasteiger partial charge in [-0.3, -0.25) is 10.1 Å². The van der Waals surface area contributed by atoms with Crippen LogP contribution in [-0.4, -0.2) is 30.3 Å². The monoisotopic (exact) mass is 425 g/mol. The number of aromatic nitrogens is 2. The molecule has 0 radical (unpaired) electrons. The van der Waals surface area contributed by atoms with Crippen LogP contribution in [-0.2, 0) is 9.84 Å². The molecule has 0 unspecified atom stereocenters. The number of hydrogen-bond donors (Lipinski definition) is 1. The zero-order valence-corrected chi connectivity index (χ0v) is 16.3. The normalized spacial score (nSPS) is 11.4. The van der Waals surface area contributed by atoms with Crippen molar-refractivity contribution in [1.29, 1.82) is 0 Å². The van der Waals surface area contributed by atoms with Crippen LogP contribution in [0.5, 0.6) is 0 Å². The second kappa shape index (κ2) is 7.67. The Kier molecular flexibility index (Phi) is 5.50. The molecule has 0 saturated heterocycles. The summed E-state index contributed by atoms with van der Waals surface area (Å²) >= 11 is 12.0. The first-order valence-corrected chi connectivity index (χ1v) is 10.1. The van der Waals surface area contributed by atoms with Crippen LogP contribution in [0.15, 0.2) is 51.8 Å². The number of halogens is 2. The molecule has 1 aromatic heterocycles. The van der Waals surface area contributed by atoms with Crippen molar-refractivity contribution in [2.45, 2.75) is 11.8 Å². The topological polar surface area (TPSA) is 102 Å². The summed E-state index contributed by atoms with van der Waals surface area (Å²) in [4.78, 5) is 12.4. The fraction of sp³-hybridized carbons (Fsp3) is 0.118. The number of benzene rings is 2. The molecule has 1 N–H and O–H groups in total. The highest BCUT2D eigenvalue weighted by Gasteiger charge is 2.17. The quantitative estimate of drug-likeness (QED) is 0.660. The highest BCUT2D eigenvalue weighted by atomic mass is 35.5. The van der Waals surface area contributed by atoms with E-state index in [1.165, 1.54) is 31.2 Å². The molecule has 3 aromatic rings. The van der Waals surface area contributed by atoms with Crippen LogP contribution in [0, 0.1) is 0 Å². The smallest absolute Gasteiger partial charge is 0.322 e. The largest absolute Gasteiger partial charge is 0.403 e.